The average molecular weight is 188 g/mol. The third-order valence-electron chi connectivity index (χ3n) is 1.24. The summed E-state index contributed by atoms with van der Waals surface area (Å²) in [7, 11) is 0. The Morgan fingerprint density at radius 1 is 1.17 bits per heavy atom. The number of aromatic nitrogens is 2. The van der Waals surface area contributed by atoms with E-state index in [1.165, 1.54) is 0 Å². The summed E-state index contributed by atoms with van der Waals surface area (Å²) < 4.78 is 0. The number of halogens is 1. The van der Waals surface area contributed by atoms with Gasteiger partial charge in [-0.25, -0.2) is 9.97 Å². The van der Waals surface area contributed by atoms with Gasteiger partial charge in [0.15, 0.2) is 0 Å². The second-order valence-corrected chi connectivity index (χ2v) is 2.43. The van der Waals surface area contributed by atoms with Gasteiger partial charge in [-0.05, 0) is 13.8 Å². The first kappa shape index (κ1) is 11.2. The molecule has 0 fully saturated rings. The summed E-state index contributed by atoms with van der Waals surface area (Å²) in [6.45, 7) is 7.54. The van der Waals surface area contributed by atoms with Gasteiger partial charge in [0, 0.05) is 5.56 Å². The molecule has 1 rings (SSSR count). The van der Waals surface area contributed by atoms with Gasteiger partial charge in [-0.15, -0.1) is 0 Å². The molecule has 0 radical (unpaired) electrons. The van der Waals surface area contributed by atoms with Gasteiger partial charge in [0.25, 0.3) is 0 Å². The van der Waals surface area contributed by atoms with Crippen molar-refractivity contribution in [3.8, 4) is 0 Å². The molecule has 1 aromatic rings. The Morgan fingerprint density at radius 2 is 1.67 bits per heavy atom. The van der Waals surface area contributed by atoms with E-state index in [2.05, 4.69) is 9.97 Å². The molecule has 0 saturated heterocycles. The van der Waals surface area contributed by atoms with Crippen LogP contribution in [-0.2, 0) is 0 Å². The summed E-state index contributed by atoms with van der Waals surface area (Å²) in [6.07, 6.45) is 0. The van der Waals surface area contributed by atoms with Crippen molar-refractivity contribution < 1.29 is 0 Å². The molecule has 0 aliphatic carbocycles. The molecule has 1 aromatic heterocycles. The molecule has 0 aliphatic heterocycles. The van der Waals surface area contributed by atoms with Crippen LogP contribution in [0.1, 0.15) is 25.2 Å². The number of nitrogens with two attached hydrogens (primary N) is 1. The van der Waals surface area contributed by atoms with Gasteiger partial charge in [-0.2, -0.15) is 0 Å². The molecule has 2 N–H and O–H groups in total. The third-order valence-corrected chi connectivity index (χ3v) is 1.60. The topological polar surface area (TPSA) is 51.8 Å². The van der Waals surface area contributed by atoms with E-state index in [1.807, 2.05) is 13.8 Å². The Hall–Kier alpha value is -0.830. The van der Waals surface area contributed by atoms with Crippen LogP contribution in [-0.4, -0.2) is 9.97 Å². The van der Waals surface area contributed by atoms with Crippen molar-refractivity contribution in [3.63, 3.8) is 0 Å². The van der Waals surface area contributed by atoms with Crippen molar-refractivity contribution >= 4 is 17.4 Å². The SMILES string of the molecule is CC.Cc1nc(N)c(C)c(Cl)n1. The lowest BCUT2D eigenvalue weighted by Gasteiger charge is -2.00. The summed E-state index contributed by atoms with van der Waals surface area (Å²) in [5, 5.41) is 0.435. The van der Waals surface area contributed by atoms with Crippen LogP contribution in [0.5, 0.6) is 0 Å². The molecule has 0 aromatic carbocycles. The van der Waals surface area contributed by atoms with Crippen LogP contribution in [0, 0.1) is 13.8 Å². The predicted molar refractivity (Wildman–Crippen MR) is 52.3 cm³/mol. The number of rotatable bonds is 0. The second kappa shape index (κ2) is 4.93. The van der Waals surface area contributed by atoms with E-state index in [0.717, 1.165) is 5.56 Å². The monoisotopic (exact) mass is 187 g/mol. The second-order valence-electron chi connectivity index (χ2n) is 2.07. The maximum atomic E-state index is 5.69. The summed E-state index contributed by atoms with van der Waals surface area (Å²) in [4.78, 5) is 7.82. The first-order chi connectivity index (χ1) is 5.61. The van der Waals surface area contributed by atoms with E-state index in [0.29, 0.717) is 16.8 Å². The van der Waals surface area contributed by atoms with Crippen LogP contribution in [0.4, 0.5) is 5.82 Å². The summed E-state index contributed by atoms with van der Waals surface area (Å²) in [5.74, 6) is 1.06. The highest BCUT2D eigenvalue weighted by molar-refractivity contribution is 6.30. The fourth-order valence-corrected chi connectivity index (χ4v) is 0.834. The molecule has 0 unspecified atom stereocenters. The molecule has 0 bridgehead atoms. The largest absolute Gasteiger partial charge is 0.383 e. The van der Waals surface area contributed by atoms with Gasteiger partial charge in [-0.3, -0.25) is 0 Å². The zero-order valence-corrected chi connectivity index (χ0v) is 8.61. The number of aryl methyl sites for hydroxylation is 1. The van der Waals surface area contributed by atoms with Crippen LogP contribution in [0.25, 0.3) is 0 Å². The fourth-order valence-electron chi connectivity index (χ4n) is 0.615. The Morgan fingerprint density at radius 3 is 2.08 bits per heavy atom. The minimum Gasteiger partial charge on any atom is -0.383 e. The normalized spacial score (nSPS) is 8.75. The highest BCUT2D eigenvalue weighted by atomic mass is 35.5. The highest BCUT2D eigenvalue weighted by Gasteiger charge is 2.01. The molecule has 4 heteroatoms. The molecule has 0 aliphatic rings. The number of anilines is 1. The molecule has 68 valence electrons. The smallest absolute Gasteiger partial charge is 0.137 e. The molecule has 1 heterocycles. The summed E-state index contributed by atoms with van der Waals surface area (Å²) in [5.41, 5.74) is 6.23. The van der Waals surface area contributed by atoms with E-state index in [1.54, 1.807) is 13.8 Å². The fraction of sp³-hybridized carbons (Fsp3) is 0.500. The van der Waals surface area contributed by atoms with Crippen molar-refractivity contribution in [1.29, 1.82) is 0 Å². The first-order valence-corrected chi connectivity index (χ1v) is 4.25. The first-order valence-electron chi connectivity index (χ1n) is 3.87. The van der Waals surface area contributed by atoms with Crippen LogP contribution in [0.3, 0.4) is 0 Å². The van der Waals surface area contributed by atoms with Gasteiger partial charge >= 0.3 is 0 Å². The molecular weight excluding hydrogens is 174 g/mol. The van der Waals surface area contributed by atoms with Gasteiger partial charge < -0.3 is 5.73 Å². The lowest BCUT2D eigenvalue weighted by molar-refractivity contribution is 1.04. The Balaban J connectivity index is 0.000000561. The average Bonchev–Trinajstić information content (AvgIpc) is 2.04. The van der Waals surface area contributed by atoms with Crippen LogP contribution < -0.4 is 5.73 Å². The lowest BCUT2D eigenvalue weighted by atomic mass is 10.3. The van der Waals surface area contributed by atoms with Crippen molar-refractivity contribution in [2.75, 3.05) is 5.73 Å². The Bertz CT molecular complexity index is 237. The molecule has 0 spiro atoms. The molecular formula is C8H14ClN3. The number of nitrogens with zero attached hydrogens (tertiary/aromatic N) is 2. The highest BCUT2D eigenvalue weighted by Crippen LogP contribution is 2.15. The van der Waals surface area contributed by atoms with Crippen molar-refractivity contribution in [3.05, 3.63) is 16.5 Å². The van der Waals surface area contributed by atoms with E-state index in [9.17, 15) is 0 Å². The van der Waals surface area contributed by atoms with Gasteiger partial charge in [0.05, 0.1) is 0 Å². The molecule has 0 amide bonds. The number of nitrogen functional groups attached to an aromatic ring is 1. The number of hydrogen-bond donors (Lipinski definition) is 1. The van der Waals surface area contributed by atoms with E-state index >= 15 is 0 Å². The minimum absolute atomic E-state index is 0.435. The van der Waals surface area contributed by atoms with E-state index in [4.69, 9.17) is 17.3 Å². The molecule has 0 saturated carbocycles. The van der Waals surface area contributed by atoms with Gasteiger partial charge in [0.1, 0.15) is 16.8 Å². The zero-order chi connectivity index (χ0) is 9.72. The standard InChI is InChI=1S/C6H8ClN3.C2H6/c1-3-5(7)9-4(2)10-6(3)8;1-2/h1-2H3,(H2,8,9,10);1-2H3. The quantitative estimate of drug-likeness (QED) is 0.635. The molecule has 0 atom stereocenters. The van der Waals surface area contributed by atoms with Gasteiger partial charge in [-0.1, -0.05) is 25.4 Å². The summed E-state index contributed by atoms with van der Waals surface area (Å²) >= 11 is 5.69. The van der Waals surface area contributed by atoms with Crippen molar-refractivity contribution in [1.82, 2.24) is 9.97 Å². The van der Waals surface area contributed by atoms with Crippen molar-refractivity contribution in [2.45, 2.75) is 27.7 Å². The van der Waals surface area contributed by atoms with Crippen LogP contribution >= 0.6 is 11.6 Å². The maximum Gasteiger partial charge on any atom is 0.137 e. The molecule has 3 nitrogen and oxygen atoms in total. The lowest BCUT2D eigenvalue weighted by Crippen LogP contribution is -1.99. The van der Waals surface area contributed by atoms with Gasteiger partial charge in [0.2, 0.25) is 0 Å². The Labute approximate surface area is 78.0 Å². The zero-order valence-electron chi connectivity index (χ0n) is 7.85. The third kappa shape index (κ3) is 2.66. The maximum absolute atomic E-state index is 5.69. The number of hydrogen-bond acceptors (Lipinski definition) is 3. The van der Waals surface area contributed by atoms with E-state index in [-0.39, 0.29) is 0 Å². The predicted octanol–water partition coefficient (Wildman–Crippen LogP) is 2.36. The summed E-state index contributed by atoms with van der Waals surface area (Å²) in [6, 6.07) is 0. The minimum atomic E-state index is 0.435. The van der Waals surface area contributed by atoms with Crippen molar-refractivity contribution in [2.24, 2.45) is 0 Å². The molecule has 12 heavy (non-hydrogen) atoms. The Kier molecular flexibility index (Phi) is 4.59. The van der Waals surface area contributed by atoms with E-state index < -0.39 is 0 Å². The van der Waals surface area contributed by atoms with Crippen LogP contribution in [0.2, 0.25) is 5.15 Å². The van der Waals surface area contributed by atoms with Crippen LogP contribution in [0.15, 0.2) is 0 Å².